The molecule has 0 aliphatic carbocycles. The third kappa shape index (κ3) is 1.69. The zero-order chi connectivity index (χ0) is 10.9. The molecule has 0 saturated carbocycles. The van der Waals surface area contributed by atoms with Crippen LogP contribution < -0.4 is 11.3 Å². The molecule has 1 aromatic heterocycles. The Hall–Kier alpha value is -1.58. The molecule has 0 fully saturated rings. The van der Waals surface area contributed by atoms with E-state index in [-0.39, 0.29) is 23.0 Å². The Kier molecular flexibility index (Phi) is 2.74. The molecule has 1 rings (SSSR count). The van der Waals surface area contributed by atoms with Gasteiger partial charge in [0.05, 0.1) is 5.56 Å². The predicted molar refractivity (Wildman–Crippen MR) is 56.8 cm³/mol. The number of amidine groups is 1. The molecule has 1 heterocycles. The van der Waals surface area contributed by atoms with E-state index in [1.807, 2.05) is 20.8 Å². The summed E-state index contributed by atoms with van der Waals surface area (Å²) in [5.74, 6) is -0.176. The van der Waals surface area contributed by atoms with Crippen molar-refractivity contribution in [1.29, 1.82) is 5.41 Å². The van der Waals surface area contributed by atoms with E-state index in [0.717, 1.165) is 5.69 Å². The van der Waals surface area contributed by atoms with Crippen LogP contribution in [0.2, 0.25) is 0 Å². The first-order valence-corrected chi connectivity index (χ1v) is 4.51. The summed E-state index contributed by atoms with van der Waals surface area (Å²) >= 11 is 0. The van der Waals surface area contributed by atoms with E-state index in [0.29, 0.717) is 0 Å². The zero-order valence-electron chi connectivity index (χ0n) is 8.66. The lowest BCUT2D eigenvalue weighted by atomic mass is 10.2. The maximum Gasteiger partial charge on any atom is 0.261 e. The van der Waals surface area contributed by atoms with Crippen molar-refractivity contribution in [1.82, 2.24) is 4.57 Å². The summed E-state index contributed by atoms with van der Waals surface area (Å²) < 4.78 is 1.64. The fourth-order valence-corrected chi connectivity index (χ4v) is 1.49. The minimum Gasteiger partial charge on any atom is -0.384 e. The fraction of sp³-hybridized carbons (Fsp3) is 0.400. The SMILES string of the molecule is Cc1ccc(C(=N)N)c(=O)n1C(C)C. The van der Waals surface area contributed by atoms with Crippen LogP contribution in [0.3, 0.4) is 0 Å². The number of hydrogen-bond acceptors (Lipinski definition) is 2. The number of nitrogens with one attached hydrogen (secondary N) is 1. The molecule has 0 spiro atoms. The molecule has 0 bridgehead atoms. The van der Waals surface area contributed by atoms with Gasteiger partial charge in [0.15, 0.2) is 0 Å². The van der Waals surface area contributed by atoms with Crippen LogP contribution in [0.5, 0.6) is 0 Å². The van der Waals surface area contributed by atoms with Gasteiger partial charge in [-0.3, -0.25) is 10.2 Å². The van der Waals surface area contributed by atoms with Gasteiger partial charge in [-0.2, -0.15) is 0 Å². The van der Waals surface area contributed by atoms with Crippen molar-refractivity contribution in [3.63, 3.8) is 0 Å². The third-order valence-electron chi connectivity index (χ3n) is 2.13. The van der Waals surface area contributed by atoms with Crippen LogP contribution in [0.1, 0.15) is 31.1 Å². The van der Waals surface area contributed by atoms with Gasteiger partial charge in [-0.05, 0) is 32.9 Å². The van der Waals surface area contributed by atoms with E-state index in [1.165, 1.54) is 0 Å². The van der Waals surface area contributed by atoms with Crippen molar-refractivity contribution in [2.24, 2.45) is 5.73 Å². The van der Waals surface area contributed by atoms with E-state index in [4.69, 9.17) is 11.1 Å². The summed E-state index contributed by atoms with van der Waals surface area (Å²) in [5, 5.41) is 7.25. The molecule has 1 aromatic rings. The summed E-state index contributed by atoms with van der Waals surface area (Å²) in [6.07, 6.45) is 0. The number of nitrogen functional groups attached to an aromatic ring is 1. The number of nitrogens with two attached hydrogens (primary N) is 1. The minimum atomic E-state index is -0.187. The summed E-state index contributed by atoms with van der Waals surface area (Å²) in [6, 6.07) is 3.48. The minimum absolute atomic E-state index is 0.0850. The molecule has 0 aliphatic heterocycles. The second-order valence-corrected chi connectivity index (χ2v) is 3.57. The van der Waals surface area contributed by atoms with Gasteiger partial charge in [-0.1, -0.05) is 0 Å². The van der Waals surface area contributed by atoms with E-state index in [2.05, 4.69) is 0 Å². The Morgan fingerprint density at radius 2 is 2.07 bits per heavy atom. The summed E-state index contributed by atoms with van der Waals surface area (Å²) in [4.78, 5) is 11.8. The van der Waals surface area contributed by atoms with E-state index >= 15 is 0 Å². The lowest BCUT2D eigenvalue weighted by Crippen LogP contribution is -2.31. The van der Waals surface area contributed by atoms with Crippen molar-refractivity contribution in [3.8, 4) is 0 Å². The first-order chi connectivity index (χ1) is 6.45. The zero-order valence-corrected chi connectivity index (χ0v) is 8.66. The largest absolute Gasteiger partial charge is 0.384 e. The highest BCUT2D eigenvalue weighted by atomic mass is 16.1. The number of nitrogens with zero attached hydrogens (tertiary/aromatic N) is 1. The van der Waals surface area contributed by atoms with Crippen molar-refractivity contribution < 1.29 is 0 Å². The first-order valence-electron chi connectivity index (χ1n) is 4.51. The molecular weight excluding hydrogens is 178 g/mol. The second-order valence-electron chi connectivity index (χ2n) is 3.57. The van der Waals surface area contributed by atoms with Crippen molar-refractivity contribution in [2.75, 3.05) is 0 Å². The molecule has 0 saturated heterocycles. The average molecular weight is 193 g/mol. The van der Waals surface area contributed by atoms with E-state index in [1.54, 1.807) is 16.7 Å². The van der Waals surface area contributed by atoms with Crippen LogP contribution in [-0.2, 0) is 0 Å². The molecule has 0 atom stereocenters. The lowest BCUT2D eigenvalue weighted by molar-refractivity contribution is 0.562. The molecule has 3 N–H and O–H groups in total. The monoisotopic (exact) mass is 193 g/mol. The second kappa shape index (κ2) is 3.65. The molecule has 0 unspecified atom stereocenters. The van der Waals surface area contributed by atoms with Crippen molar-refractivity contribution in [3.05, 3.63) is 33.7 Å². The van der Waals surface area contributed by atoms with Gasteiger partial charge >= 0.3 is 0 Å². The van der Waals surface area contributed by atoms with Gasteiger partial charge in [0, 0.05) is 11.7 Å². The van der Waals surface area contributed by atoms with Crippen LogP contribution in [0.25, 0.3) is 0 Å². The quantitative estimate of drug-likeness (QED) is 0.543. The van der Waals surface area contributed by atoms with Crippen LogP contribution in [0, 0.1) is 12.3 Å². The van der Waals surface area contributed by atoms with Gasteiger partial charge in [0.25, 0.3) is 5.56 Å². The smallest absolute Gasteiger partial charge is 0.261 e. The molecule has 0 amide bonds. The van der Waals surface area contributed by atoms with Crippen LogP contribution in [0.4, 0.5) is 0 Å². The molecule has 0 aromatic carbocycles. The Morgan fingerprint density at radius 3 is 2.50 bits per heavy atom. The number of pyridine rings is 1. The number of aromatic nitrogens is 1. The van der Waals surface area contributed by atoms with Gasteiger partial charge in [0.1, 0.15) is 5.84 Å². The maximum atomic E-state index is 11.8. The topological polar surface area (TPSA) is 71.9 Å². The van der Waals surface area contributed by atoms with E-state index in [9.17, 15) is 4.79 Å². The van der Waals surface area contributed by atoms with Crippen molar-refractivity contribution in [2.45, 2.75) is 26.8 Å². The molecule has 4 heteroatoms. The van der Waals surface area contributed by atoms with E-state index < -0.39 is 0 Å². The highest BCUT2D eigenvalue weighted by Crippen LogP contribution is 2.05. The standard InChI is InChI=1S/C10H15N3O/c1-6(2)13-7(3)4-5-8(9(11)12)10(13)14/h4-6H,1-3H3,(H3,11,12). The highest BCUT2D eigenvalue weighted by molar-refractivity contribution is 5.94. The van der Waals surface area contributed by atoms with Gasteiger partial charge in [-0.15, -0.1) is 0 Å². The third-order valence-corrected chi connectivity index (χ3v) is 2.13. The molecule has 4 nitrogen and oxygen atoms in total. The number of rotatable bonds is 2. The Bertz CT molecular complexity index is 418. The van der Waals surface area contributed by atoms with Crippen LogP contribution in [0.15, 0.2) is 16.9 Å². The lowest BCUT2D eigenvalue weighted by Gasteiger charge is -2.14. The Balaban J connectivity index is 3.50. The predicted octanol–water partition coefficient (Wildman–Crippen LogP) is 1.02. The maximum absolute atomic E-state index is 11.8. The van der Waals surface area contributed by atoms with Crippen molar-refractivity contribution >= 4 is 5.84 Å². The van der Waals surface area contributed by atoms with Crippen LogP contribution in [-0.4, -0.2) is 10.4 Å². The van der Waals surface area contributed by atoms with Gasteiger partial charge < -0.3 is 10.3 Å². The first kappa shape index (κ1) is 10.5. The highest BCUT2D eigenvalue weighted by Gasteiger charge is 2.10. The summed E-state index contributed by atoms with van der Waals surface area (Å²) in [7, 11) is 0. The van der Waals surface area contributed by atoms with Crippen LogP contribution >= 0.6 is 0 Å². The van der Waals surface area contributed by atoms with Gasteiger partial charge in [0.2, 0.25) is 0 Å². The van der Waals surface area contributed by atoms with Gasteiger partial charge in [-0.25, -0.2) is 0 Å². The summed E-state index contributed by atoms with van der Waals surface area (Å²) in [5.41, 5.74) is 6.27. The molecule has 76 valence electrons. The normalized spacial score (nSPS) is 10.6. The summed E-state index contributed by atoms with van der Waals surface area (Å²) in [6.45, 7) is 5.72. The number of aryl methyl sites for hydroxylation is 1. The Morgan fingerprint density at radius 1 is 1.50 bits per heavy atom. The fourth-order valence-electron chi connectivity index (χ4n) is 1.49. The molecule has 0 aliphatic rings. The molecular formula is C10H15N3O. The Labute approximate surface area is 82.9 Å². The molecule has 14 heavy (non-hydrogen) atoms. The average Bonchev–Trinajstić information content (AvgIpc) is 2.02. The number of hydrogen-bond donors (Lipinski definition) is 2. The molecule has 0 radical (unpaired) electrons.